The van der Waals surface area contributed by atoms with Crippen molar-refractivity contribution in [3.63, 3.8) is 0 Å². The highest BCUT2D eigenvalue weighted by Gasteiger charge is 2.15. The largest absolute Gasteiger partial charge is 0.496 e. The Bertz CT molecular complexity index is 1190. The smallest absolute Gasteiger partial charge is 0.265 e. The van der Waals surface area contributed by atoms with E-state index in [2.05, 4.69) is 25.6 Å². The topological polar surface area (TPSA) is 97.7 Å². The maximum atomic E-state index is 14.4. The number of fused-ring (bicyclic) bond motifs is 1. The summed E-state index contributed by atoms with van der Waals surface area (Å²) in [6.07, 6.45) is 1.37. The van der Waals surface area contributed by atoms with Crippen molar-refractivity contribution in [1.82, 2.24) is 15.3 Å². The number of nitrogens with zero attached hydrogens (tertiary/aromatic N) is 3. The molecule has 0 spiro atoms. The first-order chi connectivity index (χ1) is 15.8. The van der Waals surface area contributed by atoms with Gasteiger partial charge in [0.25, 0.3) is 5.91 Å². The molecule has 1 amide bonds. The molecule has 0 aliphatic carbocycles. The zero-order chi connectivity index (χ0) is 24.0. The average Bonchev–Trinajstić information content (AvgIpc) is 2.80. The summed E-state index contributed by atoms with van der Waals surface area (Å²) in [5.41, 5.74) is 1.82. The third kappa shape index (κ3) is 5.94. The Morgan fingerprint density at radius 2 is 2.06 bits per heavy atom. The molecule has 0 aliphatic rings. The number of hydrogen-bond donors (Lipinski definition) is 2. The molecule has 0 radical (unpaired) electrons. The van der Waals surface area contributed by atoms with Crippen LogP contribution >= 0.6 is 11.6 Å². The average molecular weight is 474 g/mol. The molecular weight excluding hydrogens is 449 g/mol. The molecule has 2 aromatic carbocycles. The minimum Gasteiger partial charge on any atom is -0.496 e. The van der Waals surface area contributed by atoms with E-state index in [-0.39, 0.29) is 29.2 Å². The summed E-state index contributed by atoms with van der Waals surface area (Å²) in [6.45, 7) is 4.12. The Labute approximate surface area is 196 Å². The monoisotopic (exact) mass is 473 g/mol. The third-order valence-electron chi connectivity index (χ3n) is 4.83. The number of rotatable bonds is 9. The number of aromatic nitrogens is 2. The molecule has 1 aromatic heterocycles. The van der Waals surface area contributed by atoms with E-state index in [0.717, 1.165) is 0 Å². The van der Waals surface area contributed by atoms with Crippen molar-refractivity contribution >= 4 is 45.6 Å². The predicted molar refractivity (Wildman–Crippen MR) is 127 cm³/mol. The van der Waals surface area contributed by atoms with Crippen molar-refractivity contribution in [2.45, 2.75) is 26.4 Å². The van der Waals surface area contributed by atoms with Gasteiger partial charge in [0.15, 0.2) is 5.82 Å². The molecule has 3 rings (SSSR count). The summed E-state index contributed by atoms with van der Waals surface area (Å²) < 4.78 is 24.9. The van der Waals surface area contributed by atoms with Gasteiger partial charge in [0, 0.05) is 30.7 Å². The zero-order valence-corrected chi connectivity index (χ0v) is 19.5. The van der Waals surface area contributed by atoms with Gasteiger partial charge < -0.3 is 20.1 Å². The standard InChI is InChI=1S/C23H25ClFN5O3/c1-13(11-32-3)29-14(2)23(31)26-10-15-8-16-19(9-20(15)33-4)27-12-28-22(16)30-18-7-5-6-17(24)21(18)25/h5-9,12-13H,10-11H2,1-4H3,(H,26,31)(H,27,28,30)/t13-/m0/s1. The molecule has 0 bridgehead atoms. The number of methoxy groups -OCH3 is 2. The summed E-state index contributed by atoms with van der Waals surface area (Å²) >= 11 is 5.89. The molecule has 174 valence electrons. The zero-order valence-electron chi connectivity index (χ0n) is 18.8. The first-order valence-corrected chi connectivity index (χ1v) is 10.6. The van der Waals surface area contributed by atoms with Crippen molar-refractivity contribution < 1.29 is 18.7 Å². The first-order valence-electron chi connectivity index (χ1n) is 10.2. The molecule has 8 nitrogen and oxygen atoms in total. The van der Waals surface area contributed by atoms with E-state index in [1.165, 1.54) is 19.5 Å². The molecule has 10 heteroatoms. The van der Waals surface area contributed by atoms with E-state index < -0.39 is 5.82 Å². The Hall–Kier alpha value is -3.30. The summed E-state index contributed by atoms with van der Waals surface area (Å²) in [4.78, 5) is 25.3. The number of halogens is 2. The fraction of sp³-hybridized carbons (Fsp3) is 0.304. The van der Waals surface area contributed by atoms with Gasteiger partial charge in [-0.05, 0) is 32.0 Å². The minimum absolute atomic E-state index is 0.000263. The maximum absolute atomic E-state index is 14.4. The van der Waals surface area contributed by atoms with Gasteiger partial charge in [0.1, 0.15) is 17.9 Å². The van der Waals surface area contributed by atoms with Crippen molar-refractivity contribution in [3.05, 3.63) is 53.1 Å². The fourth-order valence-corrected chi connectivity index (χ4v) is 3.43. The van der Waals surface area contributed by atoms with Crippen LogP contribution in [0.3, 0.4) is 0 Å². The third-order valence-corrected chi connectivity index (χ3v) is 5.12. The molecule has 0 aliphatic heterocycles. The van der Waals surface area contributed by atoms with Crippen LogP contribution < -0.4 is 15.4 Å². The van der Waals surface area contributed by atoms with Crippen LogP contribution in [0.5, 0.6) is 5.75 Å². The Morgan fingerprint density at radius 3 is 2.79 bits per heavy atom. The van der Waals surface area contributed by atoms with Crippen molar-refractivity contribution in [1.29, 1.82) is 0 Å². The van der Waals surface area contributed by atoms with Gasteiger partial charge in [0.05, 0.1) is 41.7 Å². The van der Waals surface area contributed by atoms with Crippen LogP contribution in [0, 0.1) is 5.82 Å². The van der Waals surface area contributed by atoms with Gasteiger partial charge in [-0.15, -0.1) is 0 Å². The number of carbonyl (C=O) groups is 1. The molecule has 1 heterocycles. The second-order valence-electron chi connectivity index (χ2n) is 7.33. The Balaban J connectivity index is 1.88. The van der Waals surface area contributed by atoms with E-state index in [4.69, 9.17) is 21.1 Å². The first kappa shape index (κ1) is 24.3. The highest BCUT2D eigenvalue weighted by Crippen LogP contribution is 2.31. The number of aliphatic imine (C=N–C) groups is 1. The number of hydrogen-bond acceptors (Lipinski definition) is 7. The van der Waals surface area contributed by atoms with E-state index in [1.54, 1.807) is 38.3 Å². The molecule has 0 unspecified atom stereocenters. The molecule has 1 atom stereocenters. The van der Waals surface area contributed by atoms with Gasteiger partial charge in [-0.3, -0.25) is 9.79 Å². The lowest BCUT2D eigenvalue weighted by molar-refractivity contribution is -0.115. The van der Waals surface area contributed by atoms with Crippen molar-refractivity contribution in [2.24, 2.45) is 4.99 Å². The van der Waals surface area contributed by atoms with E-state index in [0.29, 0.717) is 40.4 Å². The number of ether oxygens (including phenoxy) is 2. The van der Waals surface area contributed by atoms with Crippen LogP contribution in [0.15, 0.2) is 41.7 Å². The Kier molecular flexibility index (Phi) is 8.13. The number of carbonyl (C=O) groups excluding carboxylic acids is 1. The SMILES string of the molecule is COC[C@H](C)N=C(C)C(=O)NCc1cc2c(Nc3cccc(Cl)c3F)ncnc2cc1OC. The highest BCUT2D eigenvalue weighted by atomic mass is 35.5. The minimum atomic E-state index is -0.579. The van der Waals surface area contributed by atoms with E-state index in [1.807, 2.05) is 6.92 Å². The van der Waals surface area contributed by atoms with Crippen LogP contribution in [0.1, 0.15) is 19.4 Å². The molecule has 2 N–H and O–H groups in total. The lowest BCUT2D eigenvalue weighted by Crippen LogP contribution is -2.30. The van der Waals surface area contributed by atoms with Crippen LogP contribution in [0.4, 0.5) is 15.9 Å². The van der Waals surface area contributed by atoms with Gasteiger partial charge in [0.2, 0.25) is 0 Å². The highest BCUT2D eigenvalue weighted by molar-refractivity contribution is 6.37. The van der Waals surface area contributed by atoms with Crippen molar-refractivity contribution in [3.8, 4) is 5.75 Å². The molecule has 0 fully saturated rings. The Morgan fingerprint density at radius 1 is 1.27 bits per heavy atom. The van der Waals surface area contributed by atoms with Crippen LogP contribution in [0.25, 0.3) is 10.9 Å². The maximum Gasteiger partial charge on any atom is 0.265 e. The summed E-state index contributed by atoms with van der Waals surface area (Å²) in [6, 6.07) is 8.06. The summed E-state index contributed by atoms with van der Waals surface area (Å²) in [7, 11) is 3.12. The summed E-state index contributed by atoms with van der Waals surface area (Å²) in [5, 5.41) is 6.44. The molecule has 0 saturated carbocycles. The van der Waals surface area contributed by atoms with Gasteiger partial charge in [-0.25, -0.2) is 14.4 Å². The molecular formula is C23H25ClFN5O3. The number of amides is 1. The molecule has 0 saturated heterocycles. The quantitative estimate of drug-likeness (QED) is 0.450. The normalized spacial score (nSPS) is 12.5. The predicted octanol–water partition coefficient (Wildman–Crippen LogP) is 4.29. The second-order valence-corrected chi connectivity index (χ2v) is 7.74. The van der Waals surface area contributed by atoms with Crippen LogP contribution in [-0.2, 0) is 16.1 Å². The lowest BCUT2D eigenvalue weighted by atomic mass is 10.1. The van der Waals surface area contributed by atoms with Crippen LogP contribution in [-0.4, -0.2) is 48.5 Å². The van der Waals surface area contributed by atoms with E-state index in [9.17, 15) is 9.18 Å². The second kappa shape index (κ2) is 11.0. The van der Waals surface area contributed by atoms with Gasteiger partial charge in [-0.2, -0.15) is 0 Å². The number of benzene rings is 2. The van der Waals surface area contributed by atoms with E-state index >= 15 is 0 Å². The molecule has 33 heavy (non-hydrogen) atoms. The van der Waals surface area contributed by atoms with Gasteiger partial charge in [-0.1, -0.05) is 17.7 Å². The number of nitrogens with one attached hydrogen (secondary N) is 2. The van der Waals surface area contributed by atoms with Crippen molar-refractivity contribution in [2.75, 3.05) is 26.1 Å². The number of anilines is 2. The van der Waals surface area contributed by atoms with Gasteiger partial charge >= 0.3 is 0 Å². The lowest BCUT2D eigenvalue weighted by Gasteiger charge is -2.14. The summed E-state index contributed by atoms with van der Waals surface area (Å²) in [5.74, 6) is 0.0550. The van der Waals surface area contributed by atoms with Crippen LogP contribution in [0.2, 0.25) is 5.02 Å². The molecule has 3 aromatic rings. The fourth-order valence-electron chi connectivity index (χ4n) is 3.26.